The van der Waals surface area contributed by atoms with Crippen LogP contribution in [0.3, 0.4) is 0 Å². The molecule has 0 saturated carbocycles. The molecule has 0 unspecified atom stereocenters. The van der Waals surface area contributed by atoms with Gasteiger partial charge in [0.25, 0.3) is 0 Å². The average molecular weight is 428 g/mol. The maximum Gasteiger partial charge on any atom is 0.192 e. The summed E-state index contributed by atoms with van der Waals surface area (Å²) >= 11 is 0. The fraction of sp³-hybridized carbons (Fsp3) is 0.348. The van der Waals surface area contributed by atoms with Crippen LogP contribution < -0.4 is 10.2 Å². The monoisotopic (exact) mass is 427 g/mol. The second-order valence-electron chi connectivity index (χ2n) is 7.70. The van der Waals surface area contributed by atoms with Gasteiger partial charge >= 0.3 is 0 Å². The van der Waals surface area contributed by atoms with Crippen LogP contribution >= 0.6 is 0 Å². The number of nitrogens with one attached hydrogen (secondary N) is 1. The molecule has 1 fully saturated rings. The third-order valence-electron chi connectivity index (χ3n) is 5.59. The Morgan fingerprint density at radius 3 is 2.67 bits per heavy atom. The molecule has 1 aliphatic rings. The van der Waals surface area contributed by atoms with Crippen molar-refractivity contribution in [1.29, 1.82) is 0 Å². The highest BCUT2D eigenvalue weighted by molar-refractivity contribution is 7.91. The molecule has 158 valence electrons. The van der Waals surface area contributed by atoms with Crippen molar-refractivity contribution in [1.82, 2.24) is 4.98 Å². The van der Waals surface area contributed by atoms with Crippen LogP contribution in [0.2, 0.25) is 0 Å². The Balaban J connectivity index is 1.52. The van der Waals surface area contributed by atoms with E-state index in [2.05, 4.69) is 4.98 Å². The first-order valence-electron chi connectivity index (χ1n) is 10.1. The van der Waals surface area contributed by atoms with Gasteiger partial charge in [-0.2, -0.15) is 0 Å². The lowest BCUT2D eigenvalue weighted by atomic mass is 10.0. The fourth-order valence-corrected chi connectivity index (χ4v) is 5.49. The Hall–Kier alpha value is -2.64. The van der Waals surface area contributed by atoms with E-state index in [1.165, 1.54) is 0 Å². The van der Waals surface area contributed by atoms with Crippen LogP contribution in [0, 0.1) is 12.8 Å². The largest absolute Gasteiger partial charge is 0.487 e. The molecule has 2 heterocycles. The Kier molecular flexibility index (Phi) is 5.92. The minimum absolute atomic E-state index is 0.0317. The standard InChI is InChI=1S/C23H25NO5S/c1-16-22(24-21-8-3-2-7-20(21)23(16)25)14-29-18-5-4-6-19(13-18)30(26,27)15-17-9-11-28-12-10-17/h2-8,13,17H,9-12,14-15H2,1H3,(H,24,25). The number of benzene rings is 2. The molecule has 30 heavy (non-hydrogen) atoms. The molecule has 2 aromatic carbocycles. The highest BCUT2D eigenvalue weighted by Gasteiger charge is 2.23. The molecule has 1 aliphatic heterocycles. The van der Waals surface area contributed by atoms with Gasteiger partial charge in [-0.15, -0.1) is 0 Å². The van der Waals surface area contributed by atoms with Gasteiger partial charge in [-0.1, -0.05) is 18.2 Å². The number of fused-ring (bicyclic) bond motifs is 1. The Bertz CT molecular complexity index is 1210. The van der Waals surface area contributed by atoms with Crippen LogP contribution in [-0.2, 0) is 21.2 Å². The molecular formula is C23H25NO5S. The van der Waals surface area contributed by atoms with Crippen LogP contribution in [0.1, 0.15) is 24.1 Å². The van der Waals surface area contributed by atoms with Crippen molar-refractivity contribution in [2.75, 3.05) is 19.0 Å². The number of rotatable bonds is 6. The van der Waals surface area contributed by atoms with Gasteiger partial charge < -0.3 is 14.5 Å². The van der Waals surface area contributed by atoms with E-state index < -0.39 is 9.84 Å². The van der Waals surface area contributed by atoms with Crippen molar-refractivity contribution in [3.8, 4) is 5.75 Å². The summed E-state index contributed by atoms with van der Waals surface area (Å²) in [6.07, 6.45) is 1.54. The van der Waals surface area contributed by atoms with Crippen LogP contribution in [-0.4, -0.2) is 32.4 Å². The van der Waals surface area contributed by atoms with Gasteiger partial charge in [0.2, 0.25) is 0 Å². The van der Waals surface area contributed by atoms with Gasteiger partial charge in [0.05, 0.1) is 16.3 Å². The second-order valence-corrected chi connectivity index (χ2v) is 9.74. The summed E-state index contributed by atoms with van der Waals surface area (Å²) in [4.78, 5) is 16.1. The zero-order valence-electron chi connectivity index (χ0n) is 16.9. The van der Waals surface area contributed by atoms with Crippen molar-refractivity contribution in [3.05, 3.63) is 70.0 Å². The van der Waals surface area contributed by atoms with Crippen molar-refractivity contribution in [2.24, 2.45) is 5.92 Å². The quantitative estimate of drug-likeness (QED) is 0.649. The van der Waals surface area contributed by atoms with E-state index in [0.717, 1.165) is 18.4 Å². The van der Waals surface area contributed by atoms with Crippen LogP contribution in [0.15, 0.2) is 58.2 Å². The van der Waals surface area contributed by atoms with Crippen molar-refractivity contribution >= 4 is 20.7 Å². The normalized spacial score (nSPS) is 15.4. The predicted octanol–water partition coefficient (Wildman–Crippen LogP) is 3.62. The summed E-state index contributed by atoms with van der Waals surface area (Å²) in [5.74, 6) is 0.701. The summed E-state index contributed by atoms with van der Waals surface area (Å²) in [6, 6.07) is 13.9. The summed E-state index contributed by atoms with van der Waals surface area (Å²) in [5.41, 5.74) is 1.99. The van der Waals surface area contributed by atoms with E-state index in [9.17, 15) is 13.2 Å². The summed E-state index contributed by atoms with van der Waals surface area (Å²) < 4.78 is 36.8. The molecule has 0 amide bonds. The molecular weight excluding hydrogens is 402 g/mol. The maximum absolute atomic E-state index is 12.8. The third kappa shape index (κ3) is 4.42. The van der Waals surface area contributed by atoms with Gasteiger partial charge in [-0.05, 0) is 56.0 Å². The first-order chi connectivity index (χ1) is 14.4. The Labute approximate surface area is 175 Å². The van der Waals surface area contributed by atoms with Gasteiger partial charge in [0, 0.05) is 29.7 Å². The molecule has 0 atom stereocenters. The number of sulfone groups is 1. The molecule has 0 bridgehead atoms. The molecule has 0 aliphatic carbocycles. The van der Waals surface area contributed by atoms with E-state index in [-0.39, 0.29) is 28.6 Å². The van der Waals surface area contributed by atoms with Gasteiger partial charge in [-0.25, -0.2) is 8.42 Å². The molecule has 7 heteroatoms. The second kappa shape index (κ2) is 8.62. The van der Waals surface area contributed by atoms with Crippen molar-refractivity contribution in [2.45, 2.75) is 31.3 Å². The average Bonchev–Trinajstić information content (AvgIpc) is 2.76. The van der Waals surface area contributed by atoms with Crippen LogP contribution in [0.4, 0.5) is 0 Å². The number of hydrogen-bond donors (Lipinski definition) is 1. The highest BCUT2D eigenvalue weighted by atomic mass is 32.2. The number of para-hydroxylation sites is 1. The number of hydrogen-bond acceptors (Lipinski definition) is 5. The Morgan fingerprint density at radius 2 is 1.87 bits per heavy atom. The lowest BCUT2D eigenvalue weighted by Crippen LogP contribution is -2.23. The predicted molar refractivity (Wildman–Crippen MR) is 116 cm³/mol. The minimum atomic E-state index is -3.40. The number of aromatic amines is 1. The molecule has 1 aromatic heterocycles. The first-order valence-corrected chi connectivity index (χ1v) is 11.7. The molecule has 3 aromatic rings. The Morgan fingerprint density at radius 1 is 1.10 bits per heavy atom. The lowest BCUT2D eigenvalue weighted by molar-refractivity contribution is 0.0723. The van der Waals surface area contributed by atoms with Crippen molar-refractivity contribution < 1.29 is 17.9 Å². The van der Waals surface area contributed by atoms with Gasteiger partial charge in [0.1, 0.15) is 12.4 Å². The topological polar surface area (TPSA) is 85.5 Å². The number of pyridine rings is 1. The molecule has 6 nitrogen and oxygen atoms in total. The highest BCUT2D eigenvalue weighted by Crippen LogP contribution is 2.24. The maximum atomic E-state index is 12.8. The molecule has 1 saturated heterocycles. The van der Waals surface area contributed by atoms with E-state index in [1.54, 1.807) is 37.3 Å². The van der Waals surface area contributed by atoms with E-state index in [0.29, 0.717) is 35.6 Å². The smallest absolute Gasteiger partial charge is 0.192 e. The fourth-order valence-electron chi connectivity index (χ4n) is 3.76. The third-order valence-corrected chi connectivity index (χ3v) is 7.48. The summed E-state index contributed by atoms with van der Waals surface area (Å²) in [6.45, 7) is 3.15. The van der Waals surface area contributed by atoms with Gasteiger partial charge in [-0.3, -0.25) is 4.79 Å². The first kappa shape index (κ1) is 20.6. The molecule has 0 radical (unpaired) electrons. The molecule has 0 spiro atoms. The van der Waals surface area contributed by atoms with Crippen molar-refractivity contribution in [3.63, 3.8) is 0 Å². The zero-order valence-corrected chi connectivity index (χ0v) is 17.7. The number of ether oxygens (including phenoxy) is 2. The zero-order chi connectivity index (χ0) is 21.1. The van der Waals surface area contributed by atoms with Crippen LogP contribution in [0.25, 0.3) is 10.9 Å². The van der Waals surface area contributed by atoms with E-state index >= 15 is 0 Å². The van der Waals surface area contributed by atoms with Crippen LogP contribution in [0.5, 0.6) is 5.75 Å². The van der Waals surface area contributed by atoms with E-state index in [1.807, 2.05) is 18.2 Å². The molecule has 1 N–H and O–H groups in total. The SMILES string of the molecule is Cc1c(COc2cccc(S(=O)(=O)CC3CCOCC3)c2)[nH]c2ccccc2c1=O. The summed E-state index contributed by atoms with van der Waals surface area (Å²) in [7, 11) is -3.40. The molecule has 4 rings (SSSR count). The number of H-pyrrole nitrogens is 1. The summed E-state index contributed by atoms with van der Waals surface area (Å²) in [5, 5.41) is 0.639. The van der Waals surface area contributed by atoms with E-state index in [4.69, 9.17) is 9.47 Å². The lowest BCUT2D eigenvalue weighted by Gasteiger charge is -2.21. The number of aromatic nitrogens is 1. The van der Waals surface area contributed by atoms with Gasteiger partial charge in [0.15, 0.2) is 15.3 Å². The minimum Gasteiger partial charge on any atom is -0.487 e.